The van der Waals surface area contributed by atoms with Crippen molar-refractivity contribution >= 4 is 21.6 Å². The van der Waals surface area contributed by atoms with Gasteiger partial charge >= 0.3 is 0 Å². The van der Waals surface area contributed by atoms with Gasteiger partial charge in [0.25, 0.3) is 0 Å². The van der Waals surface area contributed by atoms with Crippen LogP contribution in [0.5, 0.6) is 0 Å². The first kappa shape index (κ1) is 19.5. The molecule has 0 atom stereocenters. The van der Waals surface area contributed by atoms with Crippen LogP contribution in [0.25, 0.3) is 0 Å². The predicted octanol–water partition coefficient (Wildman–Crippen LogP) is 4.48. The number of hydrogen-bond donors (Lipinski definition) is 0. The normalized spacial score (nSPS) is 11.7. The van der Waals surface area contributed by atoms with E-state index in [4.69, 9.17) is 11.6 Å². The lowest BCUT2D eigenvalue weighted by atomic mass is 10.1. The maximum atomic E-state index is 13.4. The maximum Gasteiger partial charge on any atom is 0.243 e. The Labute approximate surface area is 165 Å². The summed E-state index contributed by atoms with van der Waals surface area (Å²) in [5.74, 6) is 0. The number of hydrogen-bond acceptors (Lipinski definition) is 3. The predicted molar refractivity (Wildman–Crippen MR) is 108 cm³/mol. The van der Waals surface area contributed by atoms with Gasteiger partial charge in [-0.15, -0.1) is 0 Å². The van der Waals surface area contributed by atoms with Gasteiger partial charge in [0.2, 0.25) is 10.0 Å². The first-order chi connectivity index (χ1) is 13.0. The van der Waals surface area contributed by atoms with E-state index in [9.17, 15) is 8.42 Å². The van der Waals surface area contributed by atoms with Crippen LogP contribution in [0.3, 0.4) is 0 Å². The molecule has 0 amide bonds. The molecule has 27 heavy (non-hydrogen) atoms. The van der Waals surface area contributed by atoms with Crippen molar-refractivity contribution in [2.24, 2.45) is 0 Å². The average molecular weight is 401 g/mol. The third-order valence-electron chi connectivity index (χ3n) is 4.33. The van der Waals surface area contributed by atoms with Crippen LogP contribution in [-0.2, 0) is 23.0 Å². The molecule has 6 heteroatoms. The molecule has 0 aliphatic carbocycles. The lowest BCUT2D eigenvalue weighted by Crippen LogP contribution is -2.33. The Morgan fingerprint density at radius 3 is 2.44 bits per heavy atom. The fraction of sp³-hybridized carbons (Fsp3) is 0.190. The van der Waals surface area contributed by atoms with Crippen molar-refractivity contribution < 1.29 is 8.42 Å². The summed E-state index contributed by atoms with van der Waals surface area (Å²) in [6, 6.07) is 20.3. The molecular weight excluding hydrogens is 380 g/mol. The molecule has 0 saturated heterocycles. The Morgan fingerprint density at radius 1 is 1.00 bits per heavy atom. The second-order valence-electron chi connectivity index (χ2n) is 6.31. The second kappa shape index (κ2) is 8.65. The summed E-state index contributed by atoms with van der Waals surface area (Å²) in [7, 11) is -3.71. The maximum absolute atomic E-state index is 13.4. The number of halogens is 1. The van der Waals surface area contributed by atoms with Crippen molar-refractivity contribution in [1.29, 1.82) is 0 Å². The Kier molecular flexibility index (Phi) is 6.26. The zero-order valence-corrected chi connectivity index (χ0v) is 16.6. The number of pyridine rings is 1. The summed E-state index contributed by atoms with van der Waals surface area (Å²) in [6.45, 7) is 2.34. The quantitative estimate of drug-likeness (QED) is 0.587. The molecule has 140 valence electrons. The molecule has 0 fully saturated rings. The standard InChI is InChI=1S/C21H21ClN2O2S/c1-17-10-11-19(22)15-21(17)27(25,26)24(16-20-9-5-6-13-23-20)14-12-18-7-3-2-4-8-18/h2-11,13,15H,12,14,16H2,1H3. The van der Waals surface area contributed by atoms with Crippen molar-refractivity contribution in [2.75, 3.05) is 6.54 Å². The van der Waals surface area contributed by atoms with Crippen molar-refractivity contribution in [3.05, 3.63) is 94.8 Å². The minimum Gasteiger partial charge on any atom is -0.260 e. The summed E-state index contributed by atoms with van der Waals surface area (Å²) < 4.78 is 28.2. The van der Waals surface area contributed by atoms with Gasteiger partial charge in [0.1, 0.15) is 0 Å². The lowest BCUT2D eigenvalue weighted by Gasteiger charge is -2.23. The van der Waals surface area contributed by atoms with Gasteiger partial charge < -0.3 is 0 Å². The molecule has 1 heterocycles. The Hall–Kier alpha value is -2.21. The van der Waals surface area contributed by atoms with Crippen LogP contribution in [0.1, 0.15) is 16.8 Å². The van der Waals surface area contributed by atoms with Crippen LogP contribution in [0, 0.1) is 6.92 Å². The first-order valence-electron chi connectivity index (χ1n) is 8.67. The zero-order valence-electron chi connectivity index (χ0n) is 15.0. The molecule has 0 unspecified atom stereocenters. The first-order valence-corrected chi connectivity index (χ1v) is 10.5. The van der Waals surface area contributed by atoms with E-state index in [1.54, 1.807) is 25.3 Å². The summed E-state index contributed by atoms with van der Waals surface area (Å²) in [5, 5.41) is 0.403. The molecule has 1 aromatic heterocycles. The van der Waals surface area contributed by atoms with E-state index >= 15 is 0 Å². The molecule has 0 N–H and O–H groups in total. The van der Waals surface area contributed by atoms with E-state index in [1.165, 1.54) is 10.4 Å². The van der Waals surface area contributed by atoms with E-state index in [0.717, 1.165) is 5.56 Å². The number of aryl methyl sites for hydroxylation is 1. The Balaban J connectivity index is 1.93. The SMILES string of the molecule is Cc1ccc(Cl)cc1S(=O)(=O)N(CCc1ccccc1)Cc1ccccn1. The van der Waals surface area contributed by atoms with Crippen LogP contribution in [0.4, 0.5) is 0 Å². The molecule has 4 nitrogen and oxygen atoms in total. The highest BCUT2D eigenvalue weighted by Crippen LogP contribution is 2.25. The van der Waals surface area contributed by atoms with E-state index in [2.05, 4.69) is 4.98 Å². The van der Waals surface area contributed by atoms with Crippen LogP contribution < -0.4 is 0 Å². The van der Waals surface area contributed by atoms with Crippen LogP contribution in [0.2, 0.25) is 5.02 Å². The lowest BCUT2D eigenvalue weighted by molar-refractivity contribution is 0.405. The number of nitrogens with zero attached hydrogens (tertiary/aromatic N) is 2. The third kappa shape index (κ3) is 4.95. The van der Waals surface area contributed by atoms with Crippen molar-refractivity contribution in [3.8, 4) is 0 Å². The van der Waals surface area contributed by atoms with Crippen molar-refractivity contribution in [1.82, 2.24) is 9.29 Å². The second-order valence-corrected chi connectivity index (χ2v) is 8.65. The topological polar surface area (TPSA) is 50.3 Å². The molecule has 3 aromatic rings. The van der Waals surface area contributed by atoms with Crippen molar-refractivity contribution in [3.63, 3.8) is 0 Å². The number of sulfonamides is 1. The monoisotopic (exact) mass is 400 g/mol. The molecule has 0 aliphatic rings. The van der Waals surface area contributed by atoms with Crippen LogP contribution in [-0.4, -0.2) is 24.3 Å². The van der Waals surface area contributed by atoms with Gasteiger partial charge in [0.15, 0.2) is 0 Å². The van der Waals surface area contributed by atoms with Crippen LogP contribution in [0.15, 0.2) is 77.8 Å². The highest BCUT2D eigenvalue weighted by Gasteiger charge is 2.26. The zero-order chi connectivity index (χ0) is 19.3. The molecule has 0 radical (unpaired) electrons. The number of aromatic nitrogens is 1. The van der Waals surface area contributed by atoms with E-state index in [-0.39, 0.29) is 11.4 Å². The van der Waals surface area contributed by atoms with Gasteiger partial charge in [-0.05, 0) is 48.7 Å². The van der Waals surface area contributed by atoms with Gasteiger partial charge in [0.05, 0.1) is 17.1 Å². The van der Waals surface area contributed by atoms with E-state index in [0.29, 0.717) is 29.2 Å². The van der Waals surface area contributed by atoms with Crippen LogP contribution >= 0.6 is 11.6 Å². The largest absolute Gasteiger partial charge is 0.260 e. The smallest absolute Gasteiger partial charge is 0.243 e. The summed E-state index contributed by atoms with van der Waals surface area (Å²) in [6.07, 6.45) is 2.29. The third-order valence-corrected chi connectivity index (χ3v) is 6.55. The molecule has 2 aromatic carbocycles. The Morgan fingerprint density at radius 2 is 1.74 bits per heavy atom. The average Bonchev–Trinajstić information content (AvgIpc) is 2.68. The van der Waals surface area contributed by atoms with Gasteiger partial charge in [-0.1, -0.05) is 54.1 Å². The molecule has 3 rings (SSSR count). The molecule has 0 spiro atoms. The fourth-order valence-corrected chi connectivity index (χ4v) is 4.75. The minimum atomic E-state index is -3.71. The summed E-state index contributed by atoms with van der Waals surface area (Å²) >= 11 is 6.07. The number of rotatable bonds is 7. The van der Waals surface area contributed by atoms with Gasteiger partial charge in [-0.3, -0.25) is 4.98 Å². The van der Waals surface area contributed by atoms with Gasteiger partial charge in [-0.2, -0.15) is 4.31 Å². The van der Waals surface area contributed by atoms with E-state index < -0.39 is 10.0 Å². The molecular formula is C21H21ClN2O2S. The highest BCUT2D eigenvalue weighted by molar-refractivity contribution is 7.89. The summed E-state index contributed by atoms with van der Waals surface area (Å²) in [5.41, 5.74) is 2.46. The minimum absolute atomic E-state index is 0.210. The van der Waals surface area contributed by atoms with Gasteiger partial charge in [0, 0.05) is 17.8 Å². The fourth-order valence-electron chi connectivity index (χ4n) is 2.85. The number of benzene rings is 2. The van der Waals surface area contributed by atoms with Crippen molar-refractivity contribution in [2.45, 2.75) is 24.8 Å². The molecule has 0 saturated carbocycles. The highest BCUT2D eigenvalue weighted by atomic mass is 35.5. The van der Waals surface area contributed by atoms with Gasteiger partial charge in [-0.25, -0.2) is 8.42 Å². The van der Waals surface area contributed by atoms with E-state index in [1.807, 2.05) is 48.5 Å². The molecule has 0 aliphatic heterocycles. The summed E-state index contributed by atoms with van der Waals surface area (Å²) in [4.78, 5) is 4.52. The molecule has 0 bridgehead atoms. The Bertz CT molecular complexity index is 993.